The van der Waals surface area contributed by atoms with Crippen LogP contribution in [0.3, 0.4) is 0 Å². The van der Waals surface area contributed by atoms with Crippen LogP contribution in [-0.4, -0.2) is 55.3 Å². The Kier molecular flexibility index (Phi) is 8.10. The maximum absolute atomic E-state index is 5.69. The standard InChI is InChI=1S/C22H35N2PS2/c1-14(2)23(15(3)4)19-20(24(16(5)6)17(7)8)21(19)25(22(26)27)18-12-10-9-11-13-18/h9-17,19-20H,1-8H3/p+1. The van der Waals surface area contributed by atoms with Gasteiger partial charge in [-0.2, -0.15) is 0 Å². The molecule has 1 aliphatic rings. The van der Waals surface area contributed by atoms with E-state index in [1.165, 1.54) is 5.30 Å². The minimum absolute atomic E-state index is 0.450. The zero-order valence-corrected chi connectivity index (χ0v) is 20.7. The van der Waals surface area contributed by atoms with E-state index in [1.54, 1.807) is 5.29 Å². The molecule has 2 nitrogen and oxygen atoms in total. The Hall–Kier alpha value is -0.250. The predicted molar refractivity (Wildman–Crippen MR) is 131 cm³/mol. The molecule has 0 aromatic heterocycles. The molecule has 1 aromatic rings. The second-order valence-electron chi connectivity index (χ2n) is 8.54. The van der Waals surface area contributed by atoms with Crippen molar-refractivity contribution in [2.24, 2.45) is 0 Å². The lowest BCUT2D eigenvalue weighted by atomic mass is 10.2. The van der Waals surface area contributed by atoms with Crippen LogP contribution >= 0.6 is 32.4 Å². The molecular weight excluding hydrogens is 387 g/mol. The molecule has 0 N–H and O–H groups in total. The van der Waals surface area contributed by atoms with Crippen molar-refractivity contribution in [1.29, 1.82) is 0 Å². The summed E-state index contributed by atoms with van der Waals surface area (Å²) in [6, 6.07) is 13.6. The first-order valence-electron chi connectivity index (χ1n) is 10.1. The number of nitrogens with zero attached hydrogens (tertiary/aromatic N) is 2. The minimum atomic E-state index is -0.676. The quantitative estimate of drug-likeness (QED) is 0.350. The summed E-state index contributed by atoms with van der Waals surface area (Å²) in [5, 5.41) is 2.91. The van der Waals surface area contributed by atoms with E-state index >= 15 is 0 Å². The molecule has 1 saturated carbocycles. The van der Waals surface area contributed by atoms with E-state index in [4.69, 9.17) is 24.8 Å². The van der Waals surface area contributed by atoms with Crippen molar-refractivity contribution in [3.8, 4) is 0 Å². The lowest BCUT2D eigenvalue weighted by Crippen LogP contribution is -2.46. The molecule has 3 unspecified atom stereocenters. The summed E-state index contributed by atoms with van der Waals surface area (Å²) in [6.07, 6.45) is 0. The summed E-state index contributed by atoms with van der Waals surface area (Å²) in [5.74, 6) is 0. The average molecular weight is 424 g/mol. The average Bonchev–Trinajstić information content (AvgIpc) is 3.20. The van der Waals surface area contributed by atoms with Crippen LogP contribution in [0.25, 0.3) is 0 Å². The van der Waals surface area contributed by atoms with Crippen LogP contribution in [0.4, 0.5) is 0 Å². The Morgan fingerprint density at radius 2 is 1.19 bits per heavy atom. The lowest BCUT2D eigenvalue weighted by molar-refractivity contribution is 0.108. The second kappa shape index (κ2) is 9.50. The summed E-state index contributed by atoms with van der Waals surface area (Å²) in [6.45, 7) is 18.5. The molecule has 1 aliphatic carbocycles. The number of thiol groups is 1. The normalized spacial score (nSPS) is 20.6. The maximum atomic E-state index is 5.69. The molecular formula is C22H36N2PS2+. The van der Waals surface area contributed by atoms with Crippen LogP contribution in [0.1, 0.15) is 55.4 Å². The molecule has 150 valence electrons. The molecule has 1 aromatic carbocycles. The third-order valence-electron chi connectivity index (χ3n) is 5.29. The molecule has 27 heavy (non-hydrogen) atoms. The number of hydrogen-bond acceptors (Lipinski definition) is 3. The smallest absolute Gasteiger partial charge is 0.248 e. The van der Waals surface area contributed by atoms with Gasteiger partial charge in [-0.15, -0.1) is 0 Å². The van der Waals surface area contributed by atoms with Gasteiger partial charge in [0.2, 0.25) is 3.94 Å². The number of rotatable bonds is 8. The van der Waals surface area contributed by atoms with Crippen LogP contribution < -0.4 is 5.30 Å². The van der Waals surface area contributed by atoms with Gasteiger partial charge in [0.05, 0.1) is 12.1 Å². The van der Waals surface area contributed by atoms with Crippen LogP contribution in [0, 0.1) is 0 Å². The van der Waals surface area contributed by atoms with E-state index in [1.807, 2.05) is 0 Å². The van der Waals surface area contributed by atoms with E-state index in [9.17, 15) is 0 Å². The monoisotopic (exact) mass is 423 g/mol. The second-order valence-corrected chi connectivity index (χ2v) is 12.5. The van der Waals surface area contributed by atoms with Gasteiger partial charge < -0.3 is 0 Å². The van der Waals surface area contributed by atoms with Crippen LogP contribution in [0.2, 0.25) is 0 Å². The van der Waals surface area contributed by atoms with Gasteiger partial charge in [0.1, 0.15) is 5.29 Å². The Morgan fingerprint density at radius 3 is 1.48 bits per heavy atom. The van der Waals surface area contributed by atoms with Crippen molar-refractivity contribution in [1.82, 2.24) is 9.80 Å². The molecule has 0 radical (unpaired) electrons. The molecule has 3 atom stereocenters. The molecule has 0 saturated heterocycles. The van der Waals surface area contributed by atoms with E-state index in [2.05, 4.69) is 95.5 Å². The first-order valence-corrected chi connectivity index (χ1v) is 12.3. The first kappa shape index (κ1) is 23.0. The lowest BCUT2D eigenvalue weighted by Gasteiger charge is -2.34. The third kappa shape index (κ3) is 5.03. The van der Waals surface area contributed by atoms with Crippen molar-refractivity contribution in [3.63, 3.8) is 0 Å². The van der Waals surface area contributed by atoms with Crippen LogP contribution in [0.15, 0.2) is 30.3 Å². The predicted octanol–water partition coefficient (Wildman–Crippen LogP) is 5.17. The zero-order chi connectivity index (χ0) is 20.5. The van der Waals surface area contributed by atoms with Gasteiger partial charge in [-0.3, -0.25) is 9.80 Å². The van der Waals surface area contributed by atoms with Gasteiger partial charge in [-0.25, -0.2) is 0 Å². The molecule has 0 bridgehead atoms. The van der Waals surface area contributed by atoms with Gasteiger partial charge in [0, 0.05) is 24.2 Å². The summed E-state index contributed by atoms with van der Waals surface area (Å²) < 4.78 is 0.846. The Balaban J connectivity index is 2.66. The van der Waals surface area contributed by atoms with E-state index in [0.29, 0.717) is 36.3 Å². The Bertz CT molecular complexity index is 639. The summed E-state index contributed by atoms with van der Waals surface area (Å²) in [4.78, 5) is 5.34. The highest BCUT2D eigenvalue weighted by molar-refractivity contribution is 8.28. The first-order chi connectivity index (χ1) is 12.6. The largest absolute Gasteiger partial charge is 0.286 e. The highest BCUT2D eigenvalue weighted by atomic mass is 32.1. The molecule has 2 rings (SSSR count). The molecule has 0 amide bonds. The van der Waals surface area contributed by atoms with Gasteiger partial charge in [-0.05, 0) is 79.7 Å². The van der Waals surface area contributed by atoms with E-state index in [-0.39, 0.29) is 0 Å². The Labute approximate surface area is 178 Å². The fourth-order valence-corrected chi connectivity index (χ4v) is 8.08. The van der Waals surface area contributed by atoms with Crippen molar-refractivity contribution in [2.75, 3.05) is 0 Å². The summed E-state index contributed by atoms with van der Waals surface area (Å²) in [5.41, 5.74) is 0. The highest BCUT2D eigenvalue weighted by Gasteiger charge is 2.62. The molecule has 0 aliphatic heterocycles. The SMILES string of the molecule is CC(C)N(C(C)C)C1C(=[P+](C(=S)S)c2ccccc2)C1N(C(C)C)C(C)C. The fraction of sp³-hybridized carbons (Fsp3) is 0.636. The minimum Gasteiger partial charge on any atom is -0.286 e. The van der Waals surface area contributed by atoms with Crippen molar-refractivity contribution < 1.29 is 0 Å². The number of benzene rings is 1. The van der Waals surface area contributed by atoms with Gasteiger partial charge in [-0.1, -0.05) is 30.8 Å². The molecule has 0 heterocycles. The number of thiocarbonyl (C=S) groups is 1. The molecule has 5 heteroatoms. The molecule has 1 fully saturated rings. The van der Waals surface area contributed by atoms with Crippen LogP contribution in [-0.2, 0) is 0 Å². The fourth-order valence-electron chi connectivity index (χ4n) is 4.54. The molecule has 0 spiro atoms. The third-order valence-corrected chi connectivity index (χ3v) is 8.68. The van der Waals surface area contributed by atoms with Gasteiger partial charge in [0.15, 0.2) is 12.8 Å². The van der Waals surface area contributed by atoms with Gasteiger partial charge in [0.25, 0.3) is 0 Å². The van der Waals surface area contributed by atoms with E-state index in [0.717, 1.165) is 3.94 Å². The van der Waals surface area contributed by atoms with Crippen LogP contribution in [0.5, 0.6) is 0 Å². The summed E-state index contributed by atoms with van der Waals surface area (Å²) in [7, 11) is -0.676. The topological polar surface area (TPSA) is 6.48 Å². The maximum Gasteiger partial charge on any atom is 0.248 e. The van der Waals surface area contributed by atoms with Crippen molar-refractivity contribution in [3.05, 3.63) is 30.3 Å². The highest BCUT2D eigenvalue weighted by Crippen LogP contribution is 2.46. The van der Waals surface area contributed by atoms with Gasteiger partial charge >= 0.3 is 0 Å². The van der Waals surface area contributed by atoms with Crippen molar-refractivity contribution in [2.45, 2.75) is 91.6 Å². The zero-order valence-electron chi connectivity index (χ0n) is 18.0. The summed E-state index contributed by atoms with van der Waals surface area (Å²) >= 11 is 10.4. The van der Waals surface area contributed by atoms with Crippen molar-refractivity contribution >= 4 is 46.9 Å². The van der Waals surface area contributed by atoms with E-state index < -0.39 is 7.55 Å². The number of hydrogen-bond donors (Lipinski definition) is 1. The Morgan fingerprint density at radius 1 is 0.815 bits per heavy atom.